The summed E-state index contributed by atoms with van der Waals surface area (Å²) in [5.74, 6) is 0.972. The van der Waals surface area contributed by atoms with Crippen molar-refractivity contribution < 1.29 is 18.7 Å². The Morgan fingerprint density at radius 3 is 2.52 bits per heavy atom. The third-order valence-corrected chi connectivity index (χ3v) is 3.35. The zero-order valence-corrected chi connectivity index (χ0v) is 13.3. The van der Waals surface area contributed by atoms with Crippen molar-refractivity contribution >= 4 is 11.6 Å². The predicted molar refractivity (Wildman–Crippen MR) is 87.5 cm³/mol. The van der Waals surface area contributed by atoms with Crippen LogP contribution < -0.4 is 14.8 Å². The molecule has 0 heterocycles. The number of hydrogen-bond donors (Lipinski definition) is 1. The Bertz CT molecular complexity index is 656. The van der Waals surface area contributed by atoms with Crippen LogP contribution in [0.25, 0.3) is 0 Å². The van der Waals surface area contributed by atoms with Gasteiger partial charge in [-0.25, -0.2) is 4.39 Å². The number of benzene rings is 2. The third kappa shape index (κ3) is 5.29. The normalized spacial score (nSPS) is 10.2. The summed E-state index contributed by atoms with van der Waals surface area (Å²) in [6.07, 6.45) is 0.887. The van der Waals surface area contributed by atoms with Gasteiger partial charge in [-0.15, -0.1) is 0 Å². The molecule has 23 heavy (non-hydrogen) atoms. The smallest absolute Gasteiger partial charge is 0.224 e. The van der Waals surface area contributed by atoms with Crippen molar-refractivity contribution in [1.82, 2.24) is 0 Å². The van der Waals surface area contributed by atoms with Gasteiger partial charge >= 0.3 is 0 Å². The first-order chi connectivity index (χ1) is 11.1. The molecule has 0 aliphatic carbocycles. The largest absolute Gasteiger partial charge is 0.497 e. The lowest BCUT2D eigenvalue weighted by Gasteiger charge is -2.09. The average molecular weight is 317 g/mol. The molecular weight excluding hydrogens is 297 g/mol. The van der Waals surface area contributed by atoms with Crippen molar-refractivity contribution in [2.24, 2.45) is 0 Å². The summed E-state index contributed by atoms with van der Waals surface area (Å²) >= 11 is 0. The molecule has 1 amide bonds. The highest BCUT2D eigenvalue weighted by atomic mass is 19.1. The van der Waals surface area contributed by atoms with Crippen LogP contribution in [0, 0.1) is 12.7 Å². The quantitative estimate of drug-likeness (QED) is 0.787. The molecule has 0 aliphatic rings. The van der Waals surface area contributed by atoms with Gasteiger partial charge < -0.3 is 14.8 Å². The van der Waals surface area contributed by atoms with Gasteiger partial charge in [0.2, 0.25) is 5.91 Å². The first-order valence-electron chi connectivity index (χ1n) is 7.41. The van der Waals surface area contributed by atoms with E-state index < -0.39 is 0 Å². The van der Waals surface area contributed by atoms with E-state index >= 15 is 0 Å². The molecule has 0 fully saturated rings. The van der Waals surface area contributed by atoms with Crippen LogP contribution in [0.1, 0.15) is 18.4 Å². The molecule has 0 aromatic heterocycles. The van der Waals surface area contributed by atoms with Crippen molar-refractivity contribution in [2.75, 3.05) is 19.0 Å². The van der Waals surface area contributed by atoms with E-state index in [0.717, 1.165) is 17.1 Å². The van der Waals surface area contributed by atoms with E-state index in [2.05, 4.69) is 5.32 Å². The van der Waals surface area contributed by atoms with Gasteiger partial charge in [-0.05, 0) is 55.3 Å². The number of carbonyl (C=O) groups excluding carboxylic acids is 1. The first kappa shape index (κ1) is 16.8. The molecule has 0 saturated heterocycles. The van der Waals surface area contributed by atoms with Gasteiger partial charge in [0.05, 0.1) is 13.7 Å². The summed E-state index contributed by atoms with van der Waals surface area (Å²) in [7, 11) is 1.61. The van der Waals surface area contributed by atoms with Crippen LogP contribution >= 0.6 is 0 Å². The molecule has 5 heteroatoms. The standard InChI is InChI=1S/C18H20FNO3/c1-13-5-6-14(19)12-17(13)20-18(21)4-3-11-23-16-9-7-15(22-2)8-10-16/h5-10,12H,3-4,11H2,1-2H3,(H,20,21). The Balaban J connectivity index is 1.73. The van der Waals surface area contributed by atoms with Gasteiger partial charge in [-0.2, -0.15) is 0 Å². The molecular formula is C18H20FNO3. The highest BCUT2D eigenvalue weighted by molar-refractivity contribution is 5.91. The Morgan fingerprint density at radius 2 is 1.83 bits per heavy atom. The Hall–Kier alpha value is -2.56. The highest BCUT2D eigenvalue weighted by Gasteiger charge is 2.06. The second-order valence-corrected chi connectivity index (χ2v) is 5.13. The maximum atomic E-state index is 13.2. The Morgan fingerprint density at radius 1 is 1.13 bits per heavy atom. The number of nitrogens with one attached hydrogen (secondary N) is 1. The molecule has 0 radical (unpaired) electrons. The molecule has 4 nitrogen and oxygen atoms in total. The summed E-state index contributed by atoms with van der Waals surface area (Å²) in [5, 5.41) is 2.71. The van der Waals surface area contributed by atoms with Crippen molar-refractivity contribution in [2.45, 2.75) is 19.8 Å². The topological polar surface area (TPSA) is 47.6 Å². The summed E-state index contributed by atoms with van der Waals surface area (Å²) in [6, 6.07) is 11.6. The molecule has 0 spiro atoms. The average Bonchev–Trinajstić information content (AvgIpc) is 2.55. The maximum Gasteiger partial charge on any atom is 0.224 e. The number of aryl methyl sites for hydroxylation is 1. The molecule has 2 aromatic rings. The van der Waals surface area contributed by atoms with Crippen LogP contribution in [-0.2, 0) is 4.79 Å². The summed E-state index contributed by atoms with van der Waals surface area (Å²) in [5.41, 5.74) is 1.33. The monoisotopic (exact) mass is 317 g/mol. The van der Waals surface area contributed by atoms with Crippen LogP contribution in [0.15, 0.2) is 42.5 Å². The fourth-order valence-corrected chi connectivity index (χ4v) is 2.04. The molecule has 2 aromatic carbocycles. The summed E-state index contributed by atoms with van der Waals surface area (Å²) < 4.78 is 23.8. The minimum atomic E-state index is -0.367. The molecule has 0 atom stereocenters. The van der Waals surface area contributed by atoms with Crippen molar-refractivity contribution in [3.63, 3.8) is 0 Å². The van der Waals surface area contributed by atoms with Gasteiger partial charge in [-0.1, -0.05) is 6.07 Å². The van der Waals surface area contributed by atoms with Crippen LogP contribution in [0.3, 0.4) is 0 Å². The Kier molecular flexibility index (Phi) is 5.97. The Labute approximate surface area is 135 Å². The van der Waals surface area contributed by atoms with E-state index in [1.54, 1.807) is 13.2 Å². The number of hydrogen-bond acceptors (Lipinski definition) is 3. The van der Waals surface area contributed by atoms with Crippen LogP contribution in [0.2, 0.25) is 0 Å². The molecule has 0 aliphatic heterocycles. The molecule has 0 saturated carbocycles. The van der Waals surface area contributed by atoms with Crippen molar-refractivity contribution in [1.29, 1.82) is 0 Å². The number of carbonyl (C=O) groups is 1. The van der Waals surface area contributed by atoms with Gasteiger partial charge in [0.15, 0.2) is 0 Å². The fourth-order valence-electron chi connectivity index (χ4n) is 2.04. The number of halogens is 1. The zero-order valence-electron chi connectivity index (χ0n) is 13.3. The van der Waals surface area contributed by atoms with Gasteiger partial charge in [0, 0.05) is 12.1 Å². The molecule has 1 N–H and O–H groups in total. The van der Waals surface area contributed by atoms with E-state index in [9.17, 15) is 9.18 Å². The summed E-state index contributed by atoms with van der Waals surface area (Å²) in [6.45, 7) is 2.25. The number of methoxy groups -OCH3 is 1. The molecule has 0 bridgehead atoms. The number of anilines is 1. The van der Waals surface area contributed by atoms with Crippen molar-refractivity contribution in [3.8, 4) is 11.5 Å². The van der Waals surface area contributed by atoms with E-state index in [-0.39, 0.29) is 11.7 Å². The summed E-state index contributed by atoms with van der Waals surface area (Å²) in [4.78, 5) is 11.9. The molecule has 0 unspecified atom stereocenters. The molecule has 2 rings (SSSR count). The minimum Gasteiger partial charge on any atom is -0.497 e. The fraction of sp³-hybridized carbons (Fsp3) is 0.278. The highest BCUT2D eigenvalue weighted by Crippen LogP contribution is 2.18. The van der Waals surface area contributed by atoms with E-state index in [0.29, 0.717) is 25.1 Å². The van der Waals surface area contributed by atoms with E-state index in [1.165, 1.54) is 12.1 Å². The third-order valence-electron chi connectivity index (χ3n) is 3.35. The first-order valence-corrected chi connectivity index (χ1v) is 7.41. The van der Waals surface area contributed by atoms with Gasteiger partial charge in [0.25, 0.3) is 0 Å². The van der Waals surface area contributed by atoms with E-state index in [4.69, 9.17) is 9.47 Å². The maximum absolute atomic E-state index is 13.2. The van der Waals surface area contributed by atoms with Gasteiger partial charge in [0.1, 0.15) is 17.3 Å². The van der Waals surface area contributed by atoms with Crippen LogP contribution in [0.4, 0.5) is 10.1 Å². The lowest BCUT2D eigenvalue weighted by molar-refractivity contribution is -0.116. The lowest BCUT2D eigenvalue weighted by atomic mass is 10.2. The lowest BCUT2D eigenvalue weighted by Crippen LogP contribution is -2.13. The second kappa shape index (κ2) is 8.17. The predicted octanol–water partition coefficient (Wildman–Crippen LogP) is 3.94. The molecule has 122 valence electrons. The number of rotatable bonds is 7. The van der Waals surface area contributed by atoms with Gasteiger partial charge in [-0.3, -0.25) is 4.79 Å². The second-order valence-electron chi connectivity index (χ2n) is 5.13. The van der Waals surface area contributed by atoms with Crippen LogP contribution in [-0.4, -0.2) is 19.6 Å². The minimum absolute atomic E-state index is 0.156. The SMILES string of the molecule is COc1ccc(OCCCC(=O)Nc2cc(F)ccc2C)cc1. The van der Waals surface area contributed by atoms with Crippen molar-refractivity contribution in [3.05, 3.63) is 53.8 Å². The number of amides is 1. The number of ether oxygens (including phenoxy) is 2. The van der Waals surface area contributed by atoms with E-state index in [1.807, 2.05) is 31.2 Å². The zero-order chi connectivity index (χ0) is 16.7. The van der Waals surface area contributed by atoms with Crippen LogP contribution in [0.5, 0.6) is 11.5 Å².